The molecule has 0 aliphatic carbocycles. The van der Waals surface area contributed by atoms with Gasteiger partial charge in [-0.15, -0.1) is 0 Å². The minimum atomic E-state index is 0.241. The molecular weight excluding hydrogens is 238 g/mol. The van der Waals surface area contributed by atoms with Gasteiger partial charge in [0.2, 0.25) is 0 Å². The van der Waals surface area contributed by atoms with Crippen LogP contribution in [0.15, 0.2) is 24.3 Å². The highest BCUT2D eigenvalue weighted by molar-refractivity contribution is 5.57. The molecular formula is C15H19N3O. The molecule has 1 aromatic carbocycles. The molecule has 1 unspecified atom stereocenters. The molecule has 19 heavy (non-hydrogen) atoms. The SMILES string of the molecule is Cc1nc(-c2ccc(O)cc2)nc(C)c1C(C)CN. The molecule has 0 aliphatic rings. The van der Waals surface area contributed by atoms with E-state index in [4.69, 9.17) is 5.73 Å². The Morgan fingerprint density at radius 3 is 2.11 bits per heavy atom. The lowest BCUT2D eigenvalue weighted by molar-refractivity contribution is 0.475. The number of benzene rings is 1. The van der Waals surface area contributed by atoms with Crippen LogP contribution >= 0.6 is 0 Å². The van der Waals surface area contributed by atoms with Gasteiger partial charge < -0.3 is 10.8 Å². The van der Waals surface area contributed by atoms with Crippen LogP contribution in [0.3, 0.4) is 0 Å². The number of rotatable bonds is 3. The third kappa shape index (κ3) is 2.74. The maximum atomic E-state index is 9.31. The zero-order valence-corrected chi connectivity index (χ0v) is 11.5. The summed E-state index contributed by atoms with van der Waals surface area (Å²) in [5.74, 6) is 1.18. The number of phenolic OH excluding ortho intramolecular Hbond substituents is 1. The van der Waals surface area contributed by atoms with Crippen LogP contribution in [0.4, 0.5) is 0 Å². The zero-order valence-electron chi connectivity index (χ0n) is 11.5. The lowest BCUT2D eigenvalue weighted by atomic mass is 9.98. The predicted octanol–water partition coefficient (Wildman–Crippen LogP) is 2.53. The van der Waals surface area contributed by atoms with Gasteiger partial charge in [0.15, 0.2) is 5.82 Å². The van der Waals surface area contributed by atoms with Crippen molar-refractivity contribution in [3.05, 3.63) is 41.2 Å². The fourth-order valence-electron chi connectivity index (χ4n) is 2.30. The Labute approximate surface area is 113 Å². The molecule has 2 rings (SSSR count). The van der Waals surface area contributed by atoms with Gasteiger partial charge in [0.25, 0.3) is 0 Å². The highest BCUT2D eigenvalue weighted by Gasteiger charge is 2.14. The van der Waals surface area contributed by atoms with E-state index in [1.165, 1.54) is 0 Å². The van der Waals surface area contributed by atoms with Gasteiger partial charge in [0.1, 0.15) is 5.75 Å². The Bertz CT molecular complexity index is 555. The van der Waals surface area contributed by atoms with E-state index in [0.717, 1.165) is 22.5 Å². The summed E-state index contributed by atoms with van der Waals surface area (Å²) in [7, 11) is 0. The molecule has 3 N–H and O–H groups in total. The van der Waals surface area contributed by atoms with E-state index < -0.39 is 0 Å². The first kappa shape index (κ1) is 13.5. The third-order valence-corrected chi connectivity index (χ3v) is 3.30. The lowest BCUT2D eigenvalue weighted by Gasteiger charge is -2.15. The van der Waals surface area contributed by atoms with Crippen molar-refractivity contribution in [1.82, 2.24) is 9.97 Å². The highest BCUT2D eigenvalue weighted by atomic mass is 16.3. The number of hydrogen-bond acceptors (Lipinski definition) is 4. The quantitative estimate of drug-likeness (QED) is 0.886. The van der Waals surface area contributed by atoms with Gasteiger partial charge in [0.05, 0.1) is 0 Å². The molecule has 1 aromatic heterocycles. The van der Waals surface area contributed by atoms with Crippen molar-refractivity contribution in [2.24, 2.45) is 5.73 Å². The Morgan fingerprint density at radius 2 is 1.63 bits per heavy atom. The fraction of sp³-hybridized carbons (Fsp3) is 0.333. The topological polar surface area (TPSA) is 72.0 Å². The van der Waals surface area contributed by atoms with Gasteiger partial charge in [-0.3, -0.25) is 0 Å². The summed E-state index contributed by atoms with van der Waals surface area (Å²) in [4.78, 5) is 9.11. The molecule has 0 fully saturated rings. The second kappa shape index (κ2) is 5.36. The first-order chi connectivity index (χ1) is 9.02. The molecule has 0 saturated heterocycles. The number of aryl methyl sites for hydroxylation is 2. The Hall–Kier alpha value is -1.94. The van der Waals surface area contributed by atoms with Crippen LogP contribution in [0.1, 0.15) is 29.8 Å². The van der Waals surface area contributed by atoms with Crippen LogP contribution in [0.5, 0.6) is 5.75 Å². The zero-order chi connectivity index (χ0) is 14.0. The summed E-state index contributed by atoms with van der Waals surface area (Å²) in [6, 6.07) is 6.91. The van der Waals surface area contributed by atoms with E-state index in [1.54, 1.807) is 12.1 Å². The van der Waals surface area contributed by atoms with Gasteiger partial charge in [0, 0.05) is 17.0 Å². The van der Waals surface area contributed by atoms with Crippen molar-refractivity contribution in [2.45, 2.75) is 26.7 Å². The minimum absolute atomic E-state index is 0.241. The lowest BCUT2D eigenvalue weighted by Crippen LogP contribution is -2.14. The number of nitrogens with two attached hydrogens (primary N) is 1. The summed E-state index contributed by atoms with van der Waals surface area (Å²) in [5, 5.41) is 9.31. The second-order valence-electron chi connectivity index (χ2n) is 4.82. The van der Waals surface area contributed by atoms with Gasteiger partial charge >= 0.3 is 0 Å². The highest BCUT2D eigenvalue weighted by Crippen LogP contribution is 2.24. The van der Waals surface area contributed by atoms with E-state index in [9.17, 15) is 5.11 Å². The third-order valence-electron chi connectivity index (χ3n) is 3.30. The van der Waals surface area contributed by atoms with Crippen LogP contribution < -0.4 is 5.73 Å². The Balaban J connectivity index is 2.48. The summed E-state index contributed by atoms with van der Waals surface area (Å²) in [6.45, 7) is 6.64. The predicted molar refractivity (Wildman–Crippen MR) is 76.1 cm³/mol. The molecule has 0 amide bonds. The molecule has 100 valence electrons. The summed E-state index contributed by atoms with van der Waals surface area (Å²) >= 11 is 0. The normalized spacial score (nSPS) is 12.4. The smallest absolute Gasteiger partial charge is 0.159 e. The summed E-state index contributed by atoms with van der Waals surface area (Å²) in [6.07, 6.45) is 0. The molecule has 0 bridgehead atoms. The number of hydrogen-bond donors (Lipinski definition) is 2. The van der Waals surface area contributed by atoms with Gasteiger partial charge in [-0.05, 0) is 56.1 Å². The molecule has 0 spiro atoms. The van der Waals surface area contributed by atoms with E-state index in [0.29, 0.717) is 12.4 Å². The van der Waals surface area contributed by atoms with Crippen LogP contribution in [0.2, 0.25) is 0 Å². The maximum absolute atomic E-state index is 9.31. The van der Waals surface area contributed by atoms with E-state index in [1.807, 2.05) is 26.0 Å². The number of phenols is 1. The maximum Gasteiger partial charge on any atom is 0.159 e. The Morgan fingerprint density at radius 1 is 1.11 bits per heavy atom. The van der Waals surface area contributed by atoms with Crippen molar-refractivity contribution in [3.63, 3.8) is 0 Å². The van der Waals surface area contributed by atoms with E-state index in [-0.39, 0.29) is 11.7 Å². The first-order valence-corrected chi connectivity index (χ1v) is 6.37. The van der Waals surface area contributed by atoms with Crippen LogP contribution in [0, 0.1) is 13.8 Å². The monoisotopic (exact) mass is 257 g/mol. The number of aromatic hydroxyl groups is 1. The standard InChI is InChI=1S/C15H19N3O/c1-9(8-16)14-10(2)17-15(18-11(14)3)12-4-6-13(19)7-5-12/h4-7,9,19H,8,16H2,1-3H3. The molecule has 4 nitrogen and oxygen atoms in total. The van der Waals surface area contributed by atoms with Crippen molar-refractivity contribution in [1.29, 1.82) is 0 Å². The fourth-order valence-corrected chi connectivity index (χ4v) is 2.30. The second-order valence-corrected chi connectivity index (χ2v) is 4.82. The largest absolute Gasteiger partial charge is 0.508 e. The van der Waals surface area contributed by atoms with Crippen molar-refractivity contribution in [2.75, 3.05) is 6.54 Å². The molecule has 0 radical (unpaired) electrons. The van der Waals surface area contributed by atoms with Crippen molar-refractivity contribution < 1.29 is 5.11 Å². The average Bonchev–Trinajstić information content (AvgIpc) is 2.38. The van der Waals surface area contributed by atoms with Crippen LogP contribution in [-0.2, 0) is 0 Å². The van der Waals surface area contributed by atoms with Gasteiger partial charge in [-0.1, -0.05) is 6.92 Å². The summed E-state index contributed by atoms with van der Waals surface area (Å²) < 4.78 is 0. The van der Waals surface area contributed by atoms with Crippen LogP contribution in [-0.4, -0.2) is 21.6 Å². The van der Waals surface area contributed by atoms with E-state index >= 15 is 0 Å². The number of nitrogens with zero attached hydrogens (tertiary/aromatic N) is 2. The molecule has 0 saturated carbocycles. The average molecular weight is 257 g/mol. The van der Waals surface area contributed by atoms with Crippen molar-refractivity contribution >= 4 is 0 Å². The van der Waals surface area contributed by atoms with Gasteiger partial charge in [-0.25, -0.2) is 9.97 Å². The number of aromatic nitrogens is 2. The Kier molecular flexibility index (Phi) is 3.81. The van der Waals surface area contributed by atoms with Crippen molar-refractivity contribution in [3.8, 4) is 17.1 Å². The minimum Gasteiger partial charge on any atom is -0.508 e. The first-order valence-electron chi connectivity index (χ1n) is 6.37. The molecule has 1 heterocycles. The van der Waals surface area contributed by atoms with E-state index in [2.05, 4.69) is 16.9 Å². The molecule has 4 heteroatoms. The van der Waals surface area contributed by atoms with Crippen LogP contribution in [0.25, 0.3) is 11.4 Å². The summed E-state index contributed by atoms with van der Waals surface area (Å²) in [5.41, 5.74) is 9.69. The van der Waals surface area contributed by atoms with Gasteiger partial charge in [-0.2, -0.15) is 0 Å². The molecule has 0 aliphatic heterocycles. The molecule has 1 atom stereocenters. The molecule has 2 aromatic rings.